The Morgan fingerprint density at radius 1 is 1.08 bits per heavy atom. The Morgan fingerprint density at radius 3 is 2.33 bits per heavy atom. The fraction of sp³-hybridized carbons (Fsp3) is 0.211. The first-order valence-electron chi connectivity index (χ1n) is 7.62. The summed E-state index contributed by atoms with van der Waals surface area (Å²) in [6.45, 7) is 5.64. The van der Waals surface area contributed by atoms with Crippen molar-refractivity contribution in [1.29, 1.82) is 0 Å². The number of nitrogens with one attached hydrogen (secondary N) is 1. The second kappa shape index (κ2) is 5.60. The van der Waals surface area contributed by atoms with Gasteiger partial charge in [0.05, 0.1) is 23.0 Å². The van der Waals surface area contributed by atoms with E-state index >= 15 is 0 Å². The molecule has 0 aliphatic carbocycles. The minimum atomic E-state index is -0.961. The van der Waals surface area contributed by atoms with Crippen LogP contribution in [0.4, 0.5) is 0 Å². The normalized spacial score (nSPS) is 11.6. The molecule has 24 heavy (non-hydrogen) atoms. The zero-order valence-corrected chi connectivity index (χ0v) is 13.8. The number of ketones is 1. The number of rotatable bonds is 3. The molecule has 3 aromatic rings. The van der Waals surface area contributed by atoms with Gasteiger partial charge < -0.3 is 10.1 Å². The monoisotopic (exact) mass is 322 g/mol. The van der Waals surface area contributed by atoms with E-state index in [9.17, 15) is 9.59 Å². The maximum absolute atomic E-state index is 12.5. The Balaban J connectivity index is 2.10. The van der Waals surface area contributed by atoms with Gasteiger partial charge in [0, 0.05) is 22.6 Å². The van der Waals surface area contributed by atoms with Crippen LogP contribution in [0.3, 0.4) is 0 Å². The average Bonchev–Trinajstić information content (AvgIpc) is 2.97. The lowest BCUT2D eigenvalue weighted by molar-refractivity contribution is 0.0696. The van der Waals surface area contributed by atoms with Gasteiger partial charge in [-0.25, -0.2) is 4.79 Å². The van der Waals surface area contributed by atoms with Gasteiger partial charge in [0.15, 0.2) is 5.78 Å². The number of Topliss-reactive ketones (excluding diaryl/α,β-unsaturated/α-hetero) is 1. The van der Waals surface area contributed by atoms with Crippen molar-refractivity contribution >= 4 is 22.7 Å². The highest BCUT2D eigenvalue weighted by atomic mass is 16.4. The van der Waals surface area contributed by atoms with Crippen molar-refractivity contribution < 1.29 is 14.7 Å². The third-order valence-electron chi connectivity index (χ3n) is 3.91. The van der Waals surface area contributed by atoms with Gasteiger partial charge in [-0.15, -0.1) is 0 Å². The molecule has 0 fully saturated rings. The van der Waals surface area contributed by atoms with E-state index in [1.165, 1.54) is 0 Å². The van der Waals surface area contributed by atoms with Crippen LogP contribution in [-0.4, -0.2) is 26.8 Å². The SMILES string of the molecule is CC(C)(C)C(=O)c1cc2c(-c3ccc(C(=O)O)cc3)cncc2[nH]1. The molecule has 122 valence electrons. The number of carbonyl (C=O) groups excluding carboxylic acids is 1. The minimum absolute atomic E-state index is 0.0332. The molecular formula is C19H18N2O3. The molecule has 0 bridgehead atoms. The molecular weight excluding hydrogens is 304 g/mol. The summed E-state index contributed by atoms with van der Waals surface area (Å²) in [5.41, 5.74) is 2.80. The van der Waals surface area contributed by atoms with Gasteiger partial charge in [-0.05, 0) is 23.8 Å². The van der Waals surface area contributed by atoms with Crippen LogP contribution in [0.25, 0.3) is 22.0 Å². The number of benzene rings is 1. The molecule has 0 radical (unpaired) electrons. The maximum Gasteiger partial charge on any atom is 0.335 e. The van der Waals surface area contributed by atoms with Crippen LogP contribution in [0, 0.1) is 5.41 Å². The molecule has 3 rings (SSSR count). The first kappa shape index (κ1) is 15.9. The second-order valence-corrected chi connectivity index (χ2v) is 6.79. The molecule has 0 aliphatic rings. The zero-order chi connectivity index (χ0) is 17.5. The van der Waals surface area contributed by atoms with E-state index in [0.717, 1.165) is 22.0 Å². The molecule has 0 unspecified atom stereocenters. The summed E-state index contributed by atoms with van der Waals surface area (Å²) >= 11 is 0. The zero-order valence-electron chi connectivity index (χ0n) is 13.8. The van der Waals surface area contributed by atoms with Gasteiger partial charge in [-0.2, -0.15) is 0 Å². The van der Waals surface area contributed by atoms with Gasteiger partial charge in [0.25, 0.3) is 0 Å². The first-order chi connectivity index (χ1) is 11.3. The highest BCUT2D eigenvalue weighted by Gasteiger charge is 2.25. The molecule has 0 saturated heterocycles. The smallest absolute Gasteiger partial charge is 0.335 e. The fourth-order valence-electron chi connectivity index (χ4n) is 2.60. The van der Waals surface area contributed by atoms with Crippen molar-refractivity contribution in [2.75, 3.05) is 0 Å². The number of nitrogens with zero attached hydrogens (tertiary/aromatic N) is 1. The van der Waals surface area contributed by atoms with Gasteiger partial charge in [-0.3, -0.25) is 9.78 Å². The van der Waals surface area contributed by atoms with Crippen LogP contribution in [0.2, 0.25) is 0 Å². The van der Waals surface area contributed by atoms with E-state index < -0.39 is 11.4 Å². The van der Waals surface area contributed by atoms with Gasteiger partial charge >= 0.3 is 5.97 Å². The van der Waals surface area contributed by atoms with E-state index in [1.54, 1.807) is 36.7 Å². The van der Waals surface area contributed by atoms with Crippen LogP contribution in [-0.2, 0) is 0 Å². The number of carbonyl (C=O) groups is 2. The number of pyridine rings is 1. The summed E-state index contributed by atoms with van der Waals surface area (Å²) in [5, 5.41) is 9.89. The maximum atomic E-state index is 12.5. The van der Waals surface area contributed by atoms with Crippen molar-refractivity contribution in [2.45, 2.75) is 20.8 Å². The largest absolute Gasteiger partial charge is 0.478 e. The summed E-state index contributed by atoms with van der Waals surface area (Å²) in [5.74, 6) is -0.927. The number of hydrogen-bond acceptors (Lipinski definition) is 3. The number of aromatic amines is 1. The van der Waals surface area contributed by atoms with Crippen LogP contribution in [0.15, 0.2) is 42.7 Å². The quantitative estimate of drug-likeness (QED) is 0.709. The number of hydrogen-bond donors (Lipinski definition) is 2. The fourth-order valence-corrected chi connectivity index (χ4v) is 2.60. The van der Waals surface area contributed by atoms with Crippen molar-refractivity contribution in [3.63, 3.8) is 0 Å². The van der Waals surface area contributed by atoms with E-state index in [2.05, 4.69) is 9.97 Å². The van der Waals surface area contributed by atoms with Gasteiger partial charge in [0.1, 0.15) is 0 Å². The summed E-state index contributed by atoms with van der Waals surface area (Å²) in [6.07, 6.45) is 3.40. The summed E-state index contributed by atoms with van der Waals surface area (Å²) in [7, 11) is 0. The average molecular weight is 322 g/mol. The molecule has 2 heterocycles. The number of aromatic carboxylic acids is 1. The van der Waals surface area contributed by atoms with E-state index in [-0.39, 0.29) is 11.3 Å². The van der Waals surface area contributed by atoms with Crippen LogP contribution in [0.1, 0.15) is 41.6 Å². The molecule has 5 nitrogen and oxygen atoms in total. The third-order valence-corrected chi connectivity index (χ3v) is 3.91. The van der Waals surface area contributed by atoms with E-state index in [0.29, 0.717) is 5.69 Å². The van der Waals surface area contributed by atoms with Crippen LogP contribution in [0.5, 0.6) is 0 Å². The Hall–Kier alpha value is -2.95. The standard InChI is InChI=1S/C19H18N2O3/c1-19(2,3)17(22)15-8-13-14(9-20-10-16(13)21-15)11-4-6-12(7-5-11)18(23)24/h4-10,21H,1-3H3,(H,23,24). The third kappa shape index (κ3) is 2.80. The van der Waals surface area contributed by atoms with Crippen LogP contribution < -0.4 is 0 Å². The molecule has 0 atom stereocenters. The molecule has 0 spiro atoms. The topological polar surface area (TPSA) is 83.1 Å². The first-order valence-corrected chi connectivity index (χ1v) is 7.62. The predicted octanol–water partition coefficient (Wildman–Crippen LogP) is 4.16. The number of aromatic nitrogens is 2. The van der Waals surface area contributed by atoms with Crippen molar-refractivity contribution in [2.24, 2.45) is 5.41 Å². The molecule has 0 saturated carbocycles. The van der Waals surface area contributed by atoms with Gasteiger partial charge in [0.2, 0.25) is 0 Å². The molecule has 1 aromatic carbocycles. The summed E-state index contributed by atoms with van der Waals surface area (Å²) < 4.78 is 0. The number of carboxylic acids is 1. The Morgan fingerprint density at radius 2 is 1.75 bits per heavy atom. The van der Waals surface area contributed by atoms with Crippen molar-refractivity contribution in [3.05, 3.63) is 54.0 Å². The second-order valence-electron chi connectivity index (χ2n) is 6.79. The summed E-state index contributed by atoms with van der Waals surface area (Å²) in [4.78, 5) is 30.8. The van der Waals surface area contributed by atoms with Crippen LogP contribution >= 0.6 is 0 Å². The Labute approximate surface area is 139 Å². The molecule has 0 aliphatic heterocycles. The predicted molar refractivity (Wildman–Crippen MR) is 92.3 cm³/mol. The lowest BCUT2D eigenvalue weighted by Gasteiger charge is -2.14. The highest BCUT2D eigenvalue weighted by molar-refractivity contribution is 6.05. The van der Waals surface area contributed by atoms with Gasteiger partial charge in [-0.1, -0.05) is 32.9 Å². The Bertz CT molecular complexity index is 931. The molecule has 5 heteroatoms. The number of H-pyrrole nitrogens is 1. The molecule has 2 N–H and O–H groups in total. The highest BCUT2D eigenvalue weighted by Crippen LogP contribution is 2.30. The minimum Gasteiger partial charge on any atom is -0.478 e. The number of carboxylic acid groups (broad SMARTS) is 1. The lowest BCUT2D eigenvalue weighted by Crippen LogP contribution is -2.20. The lowest BCUT2D eigenvalue weighted by atomic mass is 9.89. The van der Waals surface area contributed by atoms with E-state index in [1.807, 2.05) is 26.8 Å². The van der Waals surface area contributed by atoms with E-state index in [4.69, 9.17) is 5.11 Å². The number of fused-ring (bicyclic) bond motifs is 1. The Kier molecular flexibility index (Phi) is 3.72. The van der Waals surface area contributed by atoms with Crippen molar-refractivity contribution in [1.82, 2.24) is 9.97 Å². The molecule has 0 amide bonds. The summed E-state index contributed by atoms with van der Waals surface area (Å²) in [6, 6.07) is 8.45. The molecule has 2 aromatic heterocycles. The van der Waals surface area contributed by atoms with Crippen molar-refractivity contribution in [3.8, 4) is 11.1 Å².